The van der Waals surface area contributed by atoms with Gasteiger partial charge in [0.1, 0.15) is 0 Å². The van der Waals surface area contributed by atoms with Crippen molar-refractivity contribution in [2.45, 2.75) is 25.8 Å². The minimum absolute atomic E-state index is 0.00744. The van der Waals surface area contributed by atoms with Crippen molar-refractivity contribution < 1.29 is 9.53 Å². The molecule has 2 saturated heterocycles. The van der Waals surface area contributed by atoms with Gasteiger partial charge in [-0.2, -0.15) is 0 Å². The average Bonchev–Trinajstić information content (AvgIpc) is 3.16. The molecule has 1 aromatic heterocycles. The molecule has 4 rings (SSSR count). The van der Waals surface area contributed by atoms with Gasteiger partial charge >= 0.3 is 6.03 Å². The molecule has 4 heterocycles. The van der Waals surface area contributed by atoms with E-state index in [0.29, 0.717) is 57.3 Å². The molecular weight excluding hydrogens is 310 g/mol. The number of aromatic nitrogens is 2. The van der Waals surface area contributed by atoms with Gasteiger partial charge in [-0.05, 0) is 12.8 Å². The zero-order valence-electron chi connectivity index (χ0n) is 13.8. The number of hydrogen-bond acceptors (Lipinski definition) is 5. The number of anilines is 1. The second-order valence-corrected chi connectivity index (χ2v) is 6.56. The summed E-state index contributed by atoms with van der Waals surface area (Å²) in [4.78, 5) is 38.3. The van der Waals surface area contributed by atoms with Gasteiger partial charge in [0, 0.05) is 39.1 Å². The van der Waals surface area contributed by atoms with E-state index in [-0.39, 0.29) is 11.6 Å². The molecule has 2 amide bonds. The van der Waals surface area contributed by atoms with Crippen molar-refractivity contribution in [1.29, 1.82) is 0 Å². The highest BCUT2D eigenvalue weighted by Crippen LogP contribution is 2.20. The topological polar surface area (TPSA) is 81.8 Å². The van der Waals surface area contributed by atoms with E-state index >= 15 is 0 Å². The highest BCUT2D eigenvalue weighted by Gasteiger charge is 2.29. The van der Waals surface area contributed by atoms with Gasteiger partial charge in [-0.1, -0.05) is 0 Å². The Hall–Kier alpha value is -2.09. The van der Waals surface area contributed by atoms with E-state index in [1.54, 1.807) is 9.80 Å². The maximum absolute atomic E-state index is 12.6. The average molecular weight is 333 g/mol. The van der Waals surface area contributed by atoms with E-state index in [4.69, 9.17) is 4.74 Å². The zero-order valence-corrected chi connectivity index (χ0v) is 13.8. The fourth-order valence-corrected chi connectivity index (χ4v) is 3.61. The summed E-state index contributed by atoms with van der Waals surface area (Å²) in [6, 6.07) is -0.00744. The first-order valence-corrected chi connectivity index (χ1v) is 8.71. The Bertz CT molecular complexity index is 677. The molecule has 0 aliphatic carbocycles. The first-order chi connectivity index (χ1) is 11.7. The summed E-state index contributed by atoms with van der Waals surface area (Å²) in [6.07, 6.45) is 2.92. The van der Waals surface area contributed by atoms with Gasteiger partial charge in [0.25, 0.3) is 5.56 Å². The van der Waals surface area contributed by atoms with Crippen molar-refractivity contribution in [1.82, 2.24) is 19.8 Å². The van der Waals surface area contributed by atoms with Crippen molar-refractivity contribution in [2.24, 2.45) is 0 Å². The molecule has 3 aliphatic rings. The van der Waals surface area contributed by atoms with Gasteiger partial charge in [0.05, 0.1) is 31.0 Å². The van der Waals surface area contributed by atoms with Crippen LogP contribution in [-0.4, -0.2) is 71.7 Å². The fourth-order valence-electron chi connectivity index (χ4n) is 3.61. The Morgan fingerprint density at radius 2 is 1.79 bits per heavy atom. The Morgan fingerprint density at radius 3 is 2.54 bits per heavy atom. The second kappa shape index (κ2) is 6.43. The van der Waals surface area contributed by atoms with E-state index in [0.717, 1.165) is 31.6 Å². The molecule has 8 nitrogen and oxygen atoms in total. The molecule has 0 unspecified atom stereocenters. The van der Waals surface area contributed by atoms with Gasteiger partial charge < -0.3 is 19.4 Å². The van der Waals surface area contributed by atoms with Gasteiger partial charge in [0.15, 0.2) is 0 Å². The van der Waals surface area contributed by atoms with Crippen LogP contribution in [0.3, 0.4) is 0 Å². The summed E-state index contributed by atoms with van der Waals surface area (Å²) in [5, 5.41) is 0. The van der Waals surface area contributed by atoms with Gasteiger partial charge in [-0.3, -0.25) is 9.78 Å². The minimum atomic E-state index is -0.110. The maximum atomic E-state index is 12.6. The molecule has 130 valence electrons. The predicted molar refractivity (Wildman–Crippen MR) is 88.2 cm³/mol. The van der Waals surface area contributed by atoms with E-state index in [1.165, 1.54) is 0 Å². The Labute approximate surface area is 140 Å². The van der Waals surface area contributed by atoms with Crippen LogP contribution in [0, 0.1) is 0 Å². The summed E-state index contributed by atoms with van der Waals surface area (Å²) in [7, 11) is 0. The van der Waals surface area contributed by atoms with Crippen molar-refractivity contribution in [2.75, 3.05) is 50.8 Å². The second-order valence-electron chi connectivity index (χ2n) is 6.56. The molecule has 0 saturated carbocycles. The van der Waals surface area contributed by atoms with Crippen LogP contribution in [0.4, 0.5) is 10.7 Å². The SMILES string of the molecule is O=C(N1CCOCC1)N1CCc2nc(N3CCCC3)[nH]c(=O)c2C1. The number of amides is 2. The number of rotatable bonds is 1. The largest absolute Gasteiger partial charge is 0.378 e. The molecule has 0 atom stereocenters. The highest BCUT2D eigenvalue weighted by atomic mass is 16.5. The number of carbonyl (C=O) groups excluding carboxylic acids is 1. The zero-order chi connectivity index (χ0) is 16.5. The fraction of sp³-hybridized carbons (Fsp3) is 0.688. The first kappa shape index (κ1) is 15.4. The number of nitrogens with zero attached hydrogens (tertiary/aromatic N) is 4. The number of ether oxygens (including phenoxy) is 1. The molecule has 3 aliphatic heterocycles. The maximum Gasteiger partial charge on any atom is 0.320 e. The first-order valence-electron chi connectivity index (χ1n) is 8.71. The van der Waals surface area contributed by atoms with E-state index in [9.17, 15) is 9.59 Å². The lowest BCUT2D eigenvalue weighted by molar-refractivity contribution is 0.0420. The van der Waals surface area contributed by atoms with Crippen LogP contribution in [-0.2, 0) is 17.7 Å². The van der Waals surface area contributed by atoms with Crippen molar-refractivity contribution in [3.63, 3.8) is 0 Å². The number of urea groups is 1. The standard InChI is InChI=1S/C16H23N5O3/c22-14-12-11-21(16(23)20-7-9-24-10-8-20)6-3-13(12)17-15(18-14)19-4-1-2-5-19/h1-11H2,(H,17,18,22). The van der Waals surface area contributed by atoms with Crippen molar-refractivity contribution in [3.8, 4) is 0 Å². The number of hydrogen-bond donors (Lipinski definition) is 1. The van der Waals surface area contributed by atoms with Crippen LogP contribution in [0.15, 0.2) is 4.79 Å². The summed E-state index contributed by atoms with van der Waals surface area (Å²) in [6.45, 7) is 5.24. The lowest BCUT2D eigenvalue weighted by Crippen LogP contribution is -2.50. The van der Waals surface area contributed by atoms with Crippen LogP contribution in [0.5, 0.6) is 0 Å². The van der Waals surface area contributed by atoms with Crippen LogP contribution in [0.1, 0.15) is 24.1 Å². The molecule has 8 heteroatoms. The molecule has 1 aromatic rings. The molecule has 0 aromatic carbocycles. The molecule has 0 bridgehead atoms. The quantitative estimate of drug-likeness (QED) is 0.793. The number of nitrogens with one attached hydrogen (secondary N) is 1. The normalized spacial score (nSPS) is 21.1. The monoisotopic (exact) mass is 333 g/mol. The third-order valence-corrected chi connectivity index (χ3v) is 5.01. The van der Waals surface area contributed by atoms with E-state index in [2.05, 4.69) is 14.9 Å². The predicted octanol–water partition coefficient (Wildman–Crippen LogP) is 0.180. The molecule has 2 fully saturated rings. The Balaban J connectivity index is 1.52. The summed E-state index contributed by atoms with van der Waals surface area (Å²) in [5.74, 6) is 0.684. The van der Waals surface area contributed by atoms with Crippen LogP contribution < -0.4 is 10.5 Å². The molecule has 24 heavy (non-hydrogen) atoms. The van der Waals surface area contributed by atoms with Crippen molar-refractivity contribution >= 4 is 12.0 Å². The van der Waals surface area contributed by atoms with Gasteiger partial charge in [0.2, 0.25) is 5.95 Å². The molecular formula is C16H23N5O3. The third kappa shape index (κ3) is 2.86. The van der Waals surface area contributed by atoms with Crippen molar-refractivity contribution in [3.05, 3.63) is 21.6 Å². The molecule has 0 radical (unpaired) electrons. The number of morpholine rings is 1. The summed E-state index contributed by atoms with van der Waals surface area (Å²) < 4.78 is 5.29. The summed E-state index contributed by atoms with van der Waals surface area (Å²) >= 11 is 0. The number of fused-ring (bicyclic) bond motifs is 1. The van der Waals surface area contributed by atoms with E-state index in [1.807, 2.05) is 0 Å². The summed E-state index contributed by atoms with van der Waals surface area (Å²) in [5.41, 5.74) is 1.36. The van der Waals surface area contributed by atoms with Crippen LogP contribution >= 0.6 is 0 Å². The lowest BCUT2D eigenvalue weighted by Gasteiger charge is -2.35. The number of carbonyl (C=O) groups is 1. The Morgan fingerprint density at radius 1 is 1.04 bits per heavy atom. The molecule has 1 N–H and O–H groups in total. The van der Waals surface area contributed by atoms with Crippen LogP contribution in [0.2, 0.25) is 0 Å². The number of aromatic amines is 1. The molecule has 0 spiro atoms. The highest BCUT2D eigenvalue weighted by molar-refractivity contribution is 5.75. The van der Waals surface area contributed by atoms with Gasteiger partial charge in [-0.25, -0.2) is 9.78 Å². The Kier molecular flexibility index (Phi) is 4.13. The minimum Gasteiger partial charge on any atom is -0.378 e. The number of H-pyrrole nitrogens is 1. The third-order valence-electron chi connectivity index (χ3n) is 5.01. The van der Waals surface area contributed by atoms with Crippen LogP contribution in [0.25, 0.3) is 0 Å². The lowest BCUT2D eigenvalue weighted by atomic mass is 10.1. The van der Waals surface area contributed by atoms with E-state index < -0.39 is 0 Å². The van der Waals surface area contributed by atoms with Gasteiger partial charge in [-0.15, -0.1) is 0 Å². The smallest absolute Gasteiger partial charge is 0.320 e.